The highest BCUT2D eigenvalue weighted by Gasteiger charge is 2.33. The lowest BCUT2D eigenvalue weighted by Crippen LogP contribution is -2.37. The van der Waals surface area contributed by atoms with E-state index in [4.69, 9.17) is 4.74 Å². The number of ether oxygens (including phenoxy) is 1. The van der Waals surface area contributed by atoms with Crippen LogP contribution in [0.4, 0.5) is 0 Å². The van der Waals surface area contributed by atoms with E-state index in [1.54, 1.807) is 32.4 Å². The fourth-order valence-electron chi connectivity index (χ4n) is 2.46. The zero-order valence-corrected chi connectivity index (χ0v) is 12.7. The second-order valence-electron chi connectivity index (χ2n) is 5.16. The molecule has 1 aromatic carbocycles. The number of carbonyl (C=O) groups is 1. The topological polar surface area (TPSA) is 63.7 Å². The molecule has 0 bridgehead atoms. The van der Waals surface area contributed by atoms with Crippen molar-refractivity contribution in [3.8, 4) is 5.75 Å². The summed E-state index contributed by atoms with van der Waals surface area (Å²) in [5.41, 5.74) is 1.43. The highest BCUT2D eigenvalue weighted by Crippen LogP contribution is 2.22. The zero-order valence-electron chi connectivity index (χ0n) is 11.9. The molecule has 1 amide bonds. The van der Waals surface area contributed by atoms with Crippen LogP contribution in [0.15, 0.2) is 18.2 Å². The molecular formula is C14H19NO4S. The van der Waals surface area contributed by atoms with Crippen LogP contribution in [0.5, 0.6) is 5.75 Å². The summed E-state index contributed by atoms with van der Waals surface area (Å²) >= 11 is 0. The van der Waals surface area contributed by atoms with Crippen LogP contribution in [-0.2, 0) is 9.84 Å². The van der Waals surface area contributed by atoms with E-state index in [9.17, 15) is 13.2 Å². The molecular weight excluding hydrogens is 278 g/mol. The van der Waals surface area contributed by atoms with Crippen LogP contribution in [0.25, 0.3) is 0 Å². The van der Waals surface area contributed by atoms with Gasteiger partial charge in [-0.05, 0) is 37.1 Å². The molecule has 1 aliphatic rings. The maximum atomic E-state index is 12.4. The maximum absolute atomic E-state index is 12.4. The number of amides is 1. The van der Waals surface area contributed by atoms with E-state index in [1.165, 1.54) is 4.90 Å². The third kappa shape index (κ3) is 2.95. The second-order valence-corrected chi connectivity index (χ2v) is 7.39. The summed E-state index contributed by atoms with van der Waals surface area (Å²) < 4.78 is 28.1. The molecule has 0 radical (unpaired) electrons. The van der Waals surface area contributed by atoms with Crippen molar-refractivity contribution in [3.05, 3.63) is 29.3 Å². The van der Waals surface area contributed by atoms with Crippen LogP contribution in [0.1, 0.15) is 22.3 Å². The van der Waals surface area contributed by atoms with Crippen LogP contribution in [0.2, 0.25) is 0 Å². The number of hydrogen-bond donors (Lipinski definition) is 0. The summed E-state index contributed by atoms with van der Waals surface area (Å²) in [6.45, 7) is 1.87. The van der Waals surface area contributed by atoms with E-state index in [-0.39, 0.29) is 23.5 Å². The Morgan fingerprint density at radius 2 is 2.10 bits per heavy atom. The van der Waals surface area contributed by atoms with E-state index < -0.39 is 9.84 Å². The molecule has 0 aliphatic carbocycles. The maximum Gasteiger partial charge on any atom is 0.253 e. The minimum absolute atomic E-state index is 0.0599. The van der Waals surface area contributed by atoms with Gasteiger partial charge in [-0.25, -0.2) is 8.42 Å². The average Bonchev–Trinajstić information content (AvgIpc) is 2.77. The lowest BCUT2D eigenvalue weighted by atomic mass is 10.1. The monoisotopic (exact) mass is 297 g/mol. The number of carbonyl (C=O) groups excluding carboxylic acids is 1. The number of benzene rings is 1. The quantitative estimate of drug-likeness (QED) is 0.842. The number of rotatable bonds is 3. The number of sulfone groups is 1. The van der Waals surface area contributed by atoms with Gasteiger partial charge in [-0.1, -0.05) is 0 Å². The van der Waals surface area contributed by atoms with Crippen molar-refractivity contribution in [2.24, 2.45) is 0 Å². The Labute approximate surface area is 119 Å². The van der Waals surface area contributed by atoms with Crippen molar-refractivity contribution in [2.45, 2.75) is 19.4 Å². The third-order valence-corrected chi connectivity index (χ3v) is 5.47. The van der Waals surface area contributed by atoms with Crippen molar-refractivity contribution in [1.82, 2.24) is 4.90 Å². The molecule has 110 valence electrons. The zero-order chi connectivity index (χ0) is 14.9. The molecule has 1 unspecified atom stereocenters. The molecule has 2 rings (SSSR count). The highest BCUT2D eigenvalue weighted by atomic mass is 32.2. The van der Waals surface area contributed by atoms with Crippen molar-refractivity contribution < 1.29 is 17.9 Å². The molecule has 6 heteroatoms. The van der Waals surface area contributed by atoms with Crippen molar-refractivity contribution >= 4 is 15.7 Å². The minimum Gasteiger partial charge on any atom is -0.496 e. The molecule has 0 aromatic heterocycles. The van der Waals surface area contributed by atoms with Crippen LogP contribution in [0, 0.1) is 6.92 Å². The molecule has 1 heterocycles. The normalized spacial score (nSPS) is 20.6. The number of aryl methyl sites for hydroxylation is 1. The molecule has 1 fully saturated rings. The van der Waals surface area contributed by atoms with Gasteiger partial charge in [-0.15, -0.1) is 0 Å². The third-order valence-electron chi connectivity index (χ3n) is 3.72. The van der Waals surface area contributed by atoms with E-state index >= 15 is 0 Å². The SMILES string of the molecule is COc1ccc(C(=O)N(C)C2CCS(=O)(=O)C2)cc1C. The second kappa shape index (κ2) is 5.44. The lowest BCUT2D eigenvalue weighted by Gasteiger charge is -2.23. The van der Waals surface area contributed by atoms with Gasteiger partial charge in [0.05, 0.1) is 18.6 Å². The molecule has 1 saturated heterocycles. The summed E-state index contributed by atoms with van der Waals surface area (Å²) in [6, 6.07) is 4.99. The van der Waals surface area contributed by atoms with Gasteiger partial charge in [-0.3, -0.25) is 4.79 Å². The van der Waals surface area contributed by atoms with Crippen LogP contribution < -0.4 is 4.74 Å². The van der Waals surface area contributed by atoms with Gasteiger partial charge in [0.25, 0.3) is 5.91 Å². The van der Waals surface area contributed by atoms with Gasteiger partial charge in [0.2, 0.25) is 0 Å². The molecule has 1 aliphatic heterocycles. The summed E-state index contributed by atoms with van der Waals surface area (Å²) in [4.78, 5) is 13.9. The predicted octanol–water partition coefficient (Wildman–Crippen LogP) is 1.26. The summed E-state index contributed by atoms with van der Waals surface area (Å²) in [5.74, 6) is 0.798. The van der Waals surface area contributed by atoms with E-state index in [1.807, 2.05) is 6.92 Å². The standard InChI is InChI=1S/C14H19NO4S/c1-10-8-11(4-5-13(10)19-3)14(16)15(2)12-6-7-20(17,18)9-12/h4-5,8,12H,6-7,9H2,1-3H3. The van der Waals surface area contributed by atoms with Gasteiger partial charge >= 0.3 is 0 Å². The molecule has 0 saturated carbocycles. The molecule has 0 N–H and O–H groups in total. The van der Waals surface area contributed by atoms with Gasteiger partial charge in [0.1, 0.15) is 5.75 Å². The van der Waals surface area contributed by atoms with Crippen LogP contribution in [0.3, 0.4) is 0 Å². The Kier molecular flexibility index (Phi) is 4.04. The van der Waals surface area contributed by atoms with Gasteiger partial charge in [-0.2, -0.15) is 0 Å². The van der Waals surface area contributed by atoms with E-state index in [2.05, 4.69) is 0 Å². The van der Waals surface area contributed by atoms with Crippen molar-refractivity contribution in [2.75, 3.05) is 25.7 Å². The Balaban J connectivity index is 2.17. The number of methoxy groups -OCH3 is 1. The molecule has 5 nitrogen and oxygen atoms in total. The molecule has 0 spiro atoms. The Morgan fingerprint density at radius 3 is 2.60 bits per heavy atom. The fraction of sp³-hybridized carbons (Fsp3) is 0.500. The van der Waals surface area contributed by atoms with Gasteiger partial charge in [0.15, 0.2) is 9.84 Å². The first-order chi connectivity index (χ1) is 9.34. The van der Waals surface area contributed by atoms with Crippen molar-refractivity contribution in [3.63, 3.8) is 0 Å². The van der Waals surface area contributed by atoms with Crippen LogP contribution in [-0.4, -0.2) is 50.9 Å². The largest absolute Gasteiger partial charge is 0.496 e. The van der Waals surface area contributed by atoms with E-state index in [0.29, 0.717) is 12.0 Å². The first-order valence-corrected chi connectivity index (χ1v) is 8.28. The molecule has 20 heavy (non-hydrogen) atoms. The summed E-state index contributed by atoms with van der Waals surface area (Å²) in [5, 5.41) is 0. The number of hydrogen-bond acceptors (Lipinski definition) is 4. The van der Waals surface area contributed by atoms with Gasteiger partial charge in [0, 0.05) is 18.7 Å². The minimum atomic E-state index is -2.99. The summed E-state index contributed by atoms with van der Waals surface area (Å²) in [7, 11) is 0.254. The Morgan fingerprint density at radius 1 is 1.40 bits per heavy atom. The highest BCUT2D eigenvalue weighted by molar-refractivity contribution is 7.91. The Hall–Kier alpha value is -1.56. The molecule has 1 atom stereocenters. The van der Waals surface area contributed by atoms with E-state index in [0.717, 1.165) is 11.3 Å². The Bertz CT molecular complexity index is 624. The predicted molar refractivity (Wildman–Crippen MR) is 76.9 cm³/mol. The summed E-state index contributed by atoms with van der Waals surface area (Å²) in [6.07, 6.45) is 0.514. The first kappa shape index (κ1) is 14.8. The lowest BCUT2D eigenvalue weighted by molar-refractivity contribution is 0.0747. The molecule has 1 aromatic rings. The first-order valence-electron chi connectivity index (χ1n) is 6.46. The van der Waals surface area contributed by atoms with Crippen LogP contribution >= 0.6 is 0 Å². The van der Waals surface area contributed by atoms with Gasteiger partial charge < -0.3 is 9.64 Å². The fourth-order valence-corrected chi connectivity index (χ4v) is 4.24. The number of nitrogens with zero attached hydrogens (tertiary/aromatic N) is 1. The smallest absolute Gasteiger partial charge is 0.253 e. The average molecular weight is 297 g/mol. The van der Waals surface area contributed by atoms with Crippen molar-refractivity contribution in [1.29, 1.82) is 0 Å².